The van der Waals surface area contributed by atoms with Gasteiger partial charge in [-0.1, -0.05) is 28.1 Å². The lowest BCUT2D eigenvalue weighted by molar-refractivity contribution is -0.121. The molecule has 1 aromatic carbocycles. The van der Waals surface area contributed by atoms with Crippen LogP contribution in [-0.4, -0.2) is 31.4 Å². The summed E-state index contributed by atoms with van der Waals surface area (Å²) < 4.78 is 23.9. The monoisotopic (exact) mass is 345 g/mol. The number of nitrogens with one attached hydrogen (secondary N) is 1. The first kappa shape index (κ1) is 14.5. The second kappa shape index (κ2) is 5.25. The first-order chi connectivity index (χ1) is 8.78. The Morgan fingerprint density at radius 2 is 2.00 bits per heavy atom. The molecular formula is C13H16BrNO3S. The highest BCUT2D eigenvalue weighted by atomic mass is 79.9. The van der Waals surface area contributed by atoms with Crippen LogP contribution < -0.4 is 5.32 Å². The summed E-state index contributed by atoms with van der Waals surface area (Å²) in [6, 6.07) is 7.50. The van der Waals surface area contributed by atoms with E-state index < -0.39 is 15.4 Å². The third-order valence-corrected chi connectivity index (χ3v) is 5.65. The molecule has 0 aliphatic carbocycles. The van der Waals surface area contributed by atoms with Gasteiger partial charge in [0, 0.05) is 4.47 Å². The number of carbonyl (C=O) groups is 1. The average molecular weight is 346 g/mol. The van der Waals surface area contributed by atoms with E-state index in [9.17, 15) is 13.2 Å². The molecule has 2 rings (SSSR count). The van der Waals surface area contributed by atoms with Gasteiger partial charge in [-0.2, -0.15) is 0 Å². The van der Waals surface area contributed by atoms with Gasteiger partial charge in [-0.15, -0.1) is 0 Å². The minimum atomic E-state index is -3.00. The van der Waals surface area contributed by atoms with E-state index in [-0.39, 0.29) is 23.8 Å². The molecule has 104 valence electrons. The minimum Gasteiger partial charge on any atom is -0.350 e. The SMILES string of the molecule is C[C@@]1(NC(=O)Cc2ccc(Br)cc2)CCS(=O)(=O)C1. The van der Waals surface area contributed by atoms with Crippen LogP contribution in [-0.2, 0) is 21.1 Å². The van der Waals surface area contributed by atoms with E-state index in [0.717, 1.165) is 10.0 Å². The summed E-state index contributed by atoms with van der Waals surface area (Å²) in [5.41, 5.74) is 0.288. The van der Waals surface area contributed by atoms with Crippen LogP contribution in [0.1, 0.15) is 18.9 Å². The molecule has 0 bridgehead atoms. The summed E-state index contributed by atoms with van der Waals surface area (Å²) in [7, 11) is -3.00. The van der Waals surface area contributed by atoms with Gasteiger partial charge in [-0.05, 0) is 31.0 Å². The average Bonchev–Trinajstić information content (AvgIpc) is 2.56. The molecule has 19 heavy (non-hydrogen) atoms. The zero-order valence-electron chi connectivity index (χ0n) is 10.6. The van der Waals surface area contributed by atoms with Crippen LogP contribution in [0.4, 0.5) is 0 Å². The highest BCUT2D eigenvalue weighted by Gasteiger charge is 2.39. The van der Waals surface area contributed by atoms with Crippen molar-refractivity contribution in [3.05, 3.63) is 34.3 Å². The summed E-state index contributed by atoms with van der Waals surface area (Å²) in [6.07, 6.45) is 0.754. The van der Waals surface area contributed by atoms with Crippen LogP contribution in [0.15, 0.2) is 28.7 Å². The maximum Gasteiger partial charge on any atom is 0.224 e. The van der Waals surface area contributed by atoms with E-state index in [1.807, 2.05) is 24.3 Å². The van der Waals surface area contributed by atoms with Crippen LogP contribution >= 0.6 is 15.9 Å². The van der Waals surface area contributed by atoms with Crippen molar-refractivity contribution in [2.45, 2.75) is 25.3 Å². The Balaban J connectivity index is 1.97. The van der Waals surface area contributed by atoms with Gasteiger partial charge in [0.05, 0.1) is 23.5 Å². The van der Waals surface area contributed by atoms with Gasteiger partial charge >= 0.3 is 0 Å². The Morgan fingerprint density at radius 3 is 2.53 bits per heavy atom. The largest absolute Gasteiger partial charge is 0.350 e. The van der Waals surface area contributed by atoms with E-state index in [1.54, 1.807) is 6.92 Å². The van der Waals surface area contributed by atoms with Gasteiger partial charge in [0.1, 0.15) is 0 Å². The third-order valence-electron chi connectivity index (χ3n) is 3.22. The Bertz CT molecular complexity index is 582. The number of carbonyl (C=O) groups excluding carboxylic acids is 1. The Labute approximate surface area is 121 Å². The van der Waals surface area contributed by atoms with E-state index in [2.05, 4.69) is 21.2 Å². The summed E-state index contributed by atoms with van der Waals surface area (Å²) in [5.74, 6) is 0.0515. The van der Waals surface area contributed by atoms with Crippen molar-refractivity contribution >= 4 is 31.7 Å². The number of halogens is 1. The fourth-order valence-corrected chi connectivity index (χ4v) is 4.63. The predicted molar refractivity (Wildman–Crippen MR) is 77.7 cm³/mol. The molecule has 1 aliphatic heterocycles. The first-order valence-electron chi connectivity index (χ1n) is 6.04. The molecule has 1 fully saturated rings. The van der Waals surface area contributed by atoms with E-state index in [1.165, 1.54) is 0 Å². The van der Waals surface area contributed by atoms with Crippen molar-refractivity contribution in [3.63, 3.8) is 0 Å². The van der Waals surface area contributed by atoms with Crippen LogP contribution in [0.2, 0.25) is 0 Å². The molecule has 0 unspecified atom stereocenters. The van der Waals surface area contributed by atoms with E-state index >= 15 is 0 Å². The van der Waals surface area contributed by atoms with Gasteiger partial charge < -0.3 is 5.32 Å². The fraction of sp³-hybridized carbons (Fsp3) is 0.462. The van der Waals surface area contributed by atoms with Gasteiger partial charge in [0.25, 0.3) is 0 Å². The zero-order chi connectivity index (χ0) is 14.1. The first-order valence-corrected chi connectivity index (χ1v) is 8.65. The van der Waals surface area contributed by atoms with E-state index in [4.69, 9.17) is 0 Å². The number of amides is 1. The summed E-state index contributed by atoms with van der Waals surface area (Å²) in [5, 5.41) is 2.84. The van der Waals surface area contributed by atoms with Crippen LogP contribution in [0, 0.1) is 0 Å². The maximum atomic E-state index is 12.0. The molecule has 4 nitrogen and oxygen atoms in total. The standard InChI is InChI=1S/C13H16BrNO3S/c1-13(6-7-19(17,18)9-13)15-12(16)8-10-2-4-11(14)5-3-10/h2-5H,6-9H2,1H3,(H,15,16)/t13-/m1/s1. The number of hydrogen-bond donors (Lipinski definition) is 1. The van der Waals surface area contributed by atoms with Gasteiger partial charge in [0.15, 0.2) is 9.84 Å². The Morgan fingerprint density at radius 1 is 1.37 bits per heavy atom. The molecular weight excluding hydrogens is 330 g/mol. The molecule has 1 aromatic rings. The smallest absolute Gasteiger partial charge is 0.224 e. The normalized spacial score (nSPS) is 25.2. The Kier molecular flexibility index (Phi) is 4.01. The number of hydrogen-bond acceptors (Lipinski definition) is 3. The van der Waals surface area contributed by atoms with Crippen molar-refractivity contribution in [2.24, 2.45) is 0 Å². The molecule has 1 N–H and O–H groups in total. The summed E-state index contributed by atoms with van der Waals surface area (Å²) in [6.45, 7) is 1.79. The Hall–Kier alpha value is -0.880. The zero-order valence-corrected chi connectivity index (χ0v) is 13.1. The van der Waals surface area contributed by atoms with Gasteiger partial charge in [-0.25, -0.2) is 8.42 Å². The summed E-state index contributed by atoms with van der Waals surface area (Å²) in [4.78, 5) is 12.0. The molecule has 0 saturated carbocycles. The van der Waals surface area contributed by atoms with Crippen LogP contribution in [0.25, 0.3) is 0 Å². The maximum absolute atomic E-state index is 12.0. The molecule has 0 radical (unpaired) electrons. The molecule has 1 heterocycles. The number of rotatable bonds is 3. The van der Waals surface area contributed by atoms with Crippen molar-refractivity contribution in [1.82, 2.24) is 5.32 Å². The molecule has 1 amide bonds. The minimum absolute atomic E-state index is 0.0338. The topological polar surface area (TPSA) is 63.2 Å². The highest BCUT2D eigenvalue weighted by Crippen LogP contribution is 2.23. The molecule has 0 spiro atoms. The lowest BCUT2D eigenvalue weighted by Gasteiger charge is -2.23. The van der Waals surface area contributed by atoms with Crippen LogP contribution in [0.3, 0.4) is 0 Å². The van der Waals surface area contributed by atoms with Crippen molar-refractivity contribution in [3.8, 4) is 0 Å². The fourth-order valence-electron chi connectivity index (χ4n) is 2.28. The lowest BCUT2D eigenvalue weighted by Crippen LogP contribution is -2.47. The van der Waals surface area contributed by atoms with Crippen molar-refractivity contribution in [1.29, 1.82) is 0 Å². The lowest BCUT2D eigenvalue weighted by atomic mass is 10.0. The van der Waals surface area contributed by atoms with Gasteiger partial charge in [0.2, 0.25) is 5.91 Å². The molecule has 1 aliphatic rings. The third kappa shape index (κ3) is 4.04. The molecule has 6 heteroatoms. The van der Waals surface area contributed by atoms with E-state index in [0.29, 0.717) is 6.42 Å². The molecule has 0 aromatic heterocycles. The van der Waals surface area contributed by atoms with Crippen molar-refractivity contribution < 1.29 is 13.2 Å². The number of sulfone groups is 1. The predicted octanol–water partition coefficient (Wildman–Crippen LogP) is 1.68. The highest BCUT2D eigenvalue weighted by molar-refractivity contribution is 9.10. The quantitative estimate of drug-likeness (QED) is 0.906. The second-order valence-corrected chi connectivity index (χ2v) is 8.35. The summed E-state index contributed by atoms with van der Waals surface area (Å²) >= 11 is 3.34. The van der Waals surface area contributed by atoms with Gasteiger partial charge in [-0.3, -0.25) is 4.79 Å². The molecule has 1 saturated heterocycles. The second-order valence-electron chi connectivity index (χ2n) is 5.25. The molecule has 1 atom stereocenters. The number of benzene rings is 1. The van der Waals surface area contributed by atoms with Crippen molar-refractivity contribution in [2.75, 3.05) is 11.5 Å². The van der Waals surface area contributed by atoms with Crippen LogP contribution in [0.5, 0.6) is 0 Å².